The Morgan fingerprint density at radius 1 is 1.61 bits per heavy atom. The van der Waals surface area contributed by atoms with Gasteiger partial charge in [0.1, 0.15) is 11.6 Å². The van der Waals surface area contributed by atoms with E-state index in [1.54, 1.807) is 24.5 Å². The van der Waals surface area contributed by atoms with Crippen molar-refractivity contribution in [1.82, 2.24) is 10.3 Å². The van der Waals surface area contributed by atoms with Gasteiger partial charge in [0, 0.05) is 18.9 Å². The number of carbonyl (C=O) groups is 1. The molecule has 1 amide bonds. The number of pyridine rings is 1. The van der Waals surface area contributed by atoms with Crippen molar-refractivity contribution in [1.29, 1.82) is 5.26 Å². The molecule has 0 fully saturated rings. The molecule has 0 aliphatic rings. The summed E-state index contributed by atoms with van der Waals surface area (Å²) in [6.07, 6.45) is 4.64. The summed E-state index contributed by atoms with van der Waals surface area (Å²) in [5, 5.41) is 14.4. The Bertz CT molecular complexity index is 460. The zero-order chi connectivity index (χ0) is 13.4. The van der Waals surface area contributed by atoms with Gasteiger partial charge in [0.05, 0.1) is 11.9 Å². The van der Waals surface area contributed by atoms with E-state index in [0.717, 1.165) is 5.69 Å². The van der Waals surface area contributed by atoms with Gasteiger partial charge in [-0.1, -0.05) is 13.8 Å². The highest BCUT2D eigenvalue weighted by atomic mass is 16.1. The van der Waals surface area contributed by atoms with Crippen LogP contribution in [0.2, 0.25) is 0 Å². The molecule has 0 bridgehead atoms. The van der Waals surface area contributed by atoms with Crippen molar-refractivity contribution in [3.8, 4) is 6.07 Å². The number of amides is 1. The van der Waals surface area contributed by atoms with Gasteiger partial charge >= 0.3 is 0 Å². The molecule has 0 unspecified atom stereocenters. The van der Waals surface area contributed by atoms with Gasteiger partial charge in [-0.2, -0.15) is 5.26 Å². The van der Waals surface area contributed by atoms with E-state index in [2.05, 4.69) is 15.6 Å². The molecule has 5 nitrogen and oxygen atoms in total. The van der Waals surface area contributed by atoms with Crippen molar-refractivity contribution in [2.75, 3.05) is 11.9 Å². The minimum absolute atomic E-state index is 0.0412. The maximum atomic E-state index is 11.6. The number of nitriles is 1. The molecule has 0 saturated heterocycles. The molecule has 0 aromatic carbocycles. The third kappa shape index (κ3) is 4.66. The van der Waals surface area contributed by atoms with E-state index in [4.69, 9.17) is 5.26 Å². The van der Waals surface area contributed by atoms with Crippen molar-refractivity contribution in [3.63, 3.8) is 0 Å². The number of anilines is 1. The van der Waals surface area contributed by atoms with Crippen LogP contribution in [0.15, 0.2) is 36.3 Å². The van der Waals surface area contributed by atoms with Gasteiger partial charge in [0.2, 0.25) is 0 Å². The quantitative estimate of drug-likeness (QED) is 0.610. The van der Waals surface area contributed by atoms with Gasteiger partial charge in [0.25, 0.3) is 5.91 Å². The Morgan fingerprint density at radius 2 is 2.39 bits per heavy atom. The van der Waals surface area contributed by atoms with Gasteiger partial charge in [-0.05, 0) is 18.1 Å². The molecule has 0 atom stereocenters. The van der Waals surface area contributed by atoms with Crippen molar-refractivity contribution >= 4 is 11.6 Å². The lowest BCUT2D eigenvalue weighted by Gasteiger charge is -2.06. The molecule has 0 radical (unpaired) electrons. The second-order valence-electron chi connectivity index (χ2n) is 4.16. The maximum absolute atomic E-state index is 11.6. The van der Waals surface area contributed by atoms with Crippen molar-refractivity contribution < 1.29 is 4.79 Å². The van der Waals surface area contributed by atoms with Crippen LogP contribution >= 0.6 is 0 Å². The highest BCUT2D eigenvalue weighted by molar-refractivity contribution is 5.97. The predicted molar refractivity (Wildman–Crippen MR) is 69.4 cm³/mol. The topological polar surface area (TPSA) is 77.8 Å². The number of nitrogens with zero attached hydrogens (tertiary/aromatic N) is 2. The van der Waals surface area contributed by atoms with E-state index in [1.165, 1.54) is 6.20 Å². The third-order valence-corrected chi connectivity index (χ3v) is 2.08. The van der Waals surface area contributed by atoms with Crippen LogP contribution in [-0.4, -0.2) is 17.4 Å². The molecule has 0 spiro atoms. The summed E-state index contributed by atoms with van der Waals surface area (Å²) >= 11 is 0. The molecule has 18 heavy (non-hydrogen) atoms. The third-order valence-electron chi connectivity index (χ3n) is 2.08. The van der Waals surface area contributed by atoms with E-state index in [-0.39, 0.29) is 11.5 Å². The smallest absolute Gasteiger partial charge is 0.263 e. The molecule has 0 saturated carbocycles. The molecule has 0 aliphatic heterocycles. The maximum Gasteiger partial charge on any atom is 0.263 e. The molecular weight excluding hydrogens is 228 g/mol. The lowest BCUT2D eigenvalue weighted by molar-refractivity contribution is -0.117. The second kappa shape index (κ2) is 7.07. The monoisotopic (exact) mass is 244 g/mol. The summed E-state index contributed by atoms with van der Waals surface area (Å²) in [6, 6.07) is 5.42. The van der Waals surface area contributed by atoms with Crippen molar-refractivity contribution in [2.24, 2.45) is 5.92 Å². The second-order valence-corrected chi connectivity index (χ2v) is 4.16. The molecule has 2 N–H and O–H groups in total. The van der Waals surface area contributed by atoms with Crippen LogP contribution in [0.5, 0.6) is 0 Å². The van der Waals surface area contributed by atoms with Gasteiger partial charge in [-0.15, -0.1) is 0 Å². The number of carbonyl (C=O) groups excluding carboxylic acids is 1. The number of aromatic nitrogens is 1. The fourth-order valence-electron chi connectivity index (χ4n) is 1.14. The van der Waals surface area contributed by atoms with E-state index in [1.807, 2.05) is 19.9 Å². The van der Waals surface area contributed by atoms with Crippen LogP contribution in [-0.2, 0) is 4.79 Å². The molecule has 94 valence electrons. The summed E-state index contributed by atoms with van der Waals surface area (Å²) in [5.74, 6) is -0.0252. The first-order valence-corrected chi connectivity index (χ1v) is 5.68. The standard InChI is InChI=1S/C13H16N4O/c1-10(2)7-17-13(18)11(6-14)8-16-12-4-3-5-15-9-12/h3-5,8-10,16H,7H2,1-2H3,(H,17,18)/b11-8-. The molecule has 1 rings (SSSR count). The first-order valence-electron chi connectivity index (χ1n) is 5.68. The molecule has 0 aliphatic carbocycles. The molecule has 1 aromatic rings. The van der Waals surface area contributed by atoms with Gasteiger partial charge < -0.3 is 10.6 Å². The van der Waals surface area contributed by atoms with E-state index < -0.39 is 0 Å². The highest BCUT2D eigenvalue weighted by Crippen LogP contribution is 2.04. The number of rotatable bonds is 5. The van der Waals surface area contributed by atoms with Crippen LogP contribution in [0.1, 0.15) is 13.8 Å². The van der Waals surface area contributed by atoms with Crippen LogP contribution in [0, 0.1) is 17.2 Å². The number of hydrogen-bond acceptors (Lipinski definition) is 4. The predicted octanol–water partition coefficient (Wildman–Crippen LogP) is 1.67. The molecular formula is C13H16N4O. The Morgan fingerprint density at radius 3 is 2.94 bits per heavy atom. The number of hydrogen-bond donors (Lipinski definition) is 2. The average molecular weight is 244 g/mol. The SMILES string of the molecule is CC(C)CNC(=O)/C(C#N)=C\Nc1cccnc1. The summed E-state index contributed by atoms with van der Waals surface area (Å²) in [7, 11) is 0. The zero-order valence-electron chi connectivity index (χ0n) is 10.5. The van der Waals surface area contributed by atoms with Gasteiger partial charge in [-0.3, -0.25) is 9.78 Å². The van der Waals surface area contributed by atoms with E-state index in [0.29, 0.717) is 12.5 Å². The van der Waals surface area contributed by atoms with Crippen LogP contribution in [0.4, 0.5) is 5.69 Å². The Labute approximate surface area is 107 Å². The van der Waals surface area contributed by atoms with Gasteiger partial charge in [0.15, 0.2) is 0 Å². The first-order chi connectivity index (χ1) is 8.63. The van der Waals surface area contributed by atoms with Crippen molar-refractivity contribution in [3.05, 3.63) is 36.3 Å². The van der Waals surface area contributed by atoms with Crippen LogP contribution < -0.4 is 10.6 Å². The highest BCUT2D eigenvalue weighted by Gasteiger charge is 2.08. The fraction of sp³-hybridized carbons (Fsp3) is 0.308. The average Bonchev–Trinajstić information content (AvgIpc) is 2.38. The van der Waals surface area contributed by atoms with Crippen molar-refractivity contribution in [2.45, 2.75) is 13.8 Å². The lowest BCUT2D eigenvalue weighted by Crippen LogP contribution is -2.28. The van der Waals surface area contributed by atoms with Gasteiger partial charge in [-0.25, -0.2) is 0 Å². The molecule has 5 heteroatoms. The zero-order valence-corrected chi connectivity index (χ0v) is 10.5. The van der Waals surface area contributed by atoms with Crippen LogP contribution in [0.3, 0.4) is 0 Å². The first kappa shape index (κ1) is 13.7. The minimum atomic E-state index is -0.373. The molecule has 1 heterocycles. The summed E-state index contributed by atoms with van der Waals surface area (Å²) in [4.78, 5) is 15.6. The Hall–Kier alpha value is -2.35. The minimum Gasteiger partial charge on any atom is -0.359 e. The van der Waals surface area contributed by atoms with E-state index >= 15 is 0 Å². The summed E-state index contributed by atoms with van der Waals surface area (Å²) in [6.45, 7) is 4.53. The fourth-order valence-corrected chi connectivity index (χ4v) is 1.14. The van der Waals surface area contributed by atoms with E-state index in [9.17, 15) is 4.79 Å². The Kier molecular flexibility index (Phi) is 5.39. The summed E-state index contributed by atoms with van der Waals surface area (Å²) < 4.78 is 0. The normalized spacial score (nSPS) is 10.9. The largest absolute Gasteiger partial charge is 0.359 e. The molecule has 1 aromatic heterocycles. The summed E-state index contributed by atoms with van der Waals surface area (Å²) in [5.41, 5.74) is 0.765. The number of nitrogens with one attached hydrogen (secondary N) is 2. The van der Waals surface area contributed by atoms with Crippen LogP contribution in [0.25, 0.3) is 0 Å². The lowest BCUT2D eigenvalue weighted by atomic mass is 10.2. The Balaban J connectivity index is 2.61.